The first-order valence-corrected chi connectivity index (χ1v) is 8.26. The number of carbonyl (C=O) groups is 3. The van der Waals surface area contributed by atoms with Crippen molar-refractivity contribution in [1.82, 2.24) is 0 Å². The molecule has 1 aliphatic rings. The Hall–Kier alpha value is -3.29. The molecule has 140 valence electrons. The zero-order valence-corrected chi connectivity index (χ0v) is 14.2. The van der Waals surface area contributed by atoms with E-state index in [2.05, 4.69) is 5.32 Å². The fraction of sp³-hybridized carbons (Fsp3) is 0.211. The summed E-state index contributed by atoms with van der Waals surface area (Å²) in [5.74, 6) is -3.43. The van der Waals surface area contributed by atoms with E-state index in [1.54, 1.807) is 24.3 Å². The van der Waals surface area contributed by atoms with Crippen LogP contribution in [0.25, 0.3) is 0 Å². The number of nitrogens with two attached hydrogens (primary N) is 1. The van der Waals surface area contributed by atoms with Gasteiger partial charge in [0.1, 0.15) is 11.6 Å². The van der Waals surface area contributed by atoms with Crippen molar-refractivity contribution >= 4 is 29.1 Å². The van der Waals surface area contributed by atoms with Crippen molar-refractivity contribution in [2.45, 2.75) is 12.8 Å². The van der Waals surface area contributed by atoms with Crippen molar-refractivity contribution in [1.29, 1.82) is 0 Å². The second-order valence-electron chi connectivity index (χ2n) is 6.36. The zero-order valence-electron chi connectivity index (χ0n) is 14.2. The Morgan fingerprint density at radius 3 is 2.33 bits per heavy atom. The molecule has 1 unspecified atom stereocenters. The number of nitrogens with one attached hydrogen (secondary N) is 1. The number of hydrogen-bond donors (Lipinski definition) is 2. The molecule has 1 fully saturated rings. The molecule has 2 aromatic carbocycles. The monoisotopic (exact) mass is 373 g/mol. The Balaban J connectivity index is 1.66. The molecular weight excluding hydrogens is 356 g/mol. The minimum atomic E-state index is -0.790. The quantitative estimate of drug-likeness (QED) is 0.839. The van der Waals surface area contributed by atoms with Gasteiger partial charge in [-0.3, -0.25) is 14.4 Å². The molecule has 0 radical (unpaired) electrons. The Morgan fingerprint density at radius 2 is 1.74 bits per heavy atom. The van der Waals surface area contributed by atoms with Gasteiger partial charge in [-0.1, -0.05) is 12.1 Å². The number of hydrogen-bond acceptors (Lipinski definition) is 3. The summed E-state index contributed by atoms with van der Waals surface area (Å²) in [4.78, 5) is 36.7. The molecule has 0 spiro atoms. The number of rotatable bonds is 5. The van der Waals surface area contributed by atoms with Gasteiger partial charge >= 0.3 is 0 Å². The van der Waals surface area contributed by atoms with Gasteiger partial charge in [-0.2, -0.15) is 0 Å². The highest BCUT2D eigenvalue weighted by Crippen LogP contribution is 2.27. The van der Waals surface area contributed by atoms with E-state index in [-0.39, 0.29) is 36.9 Å². The first kappa shape index (κ1) is 18.5. The normalized spacial score (nSPS) is 16.4. The van der Waals surface area contributed by atoms with Gasteiger partial charge in [-0.15, -0.1) is 0 Å². The summed E-state index contributed by atoms with van der Waals surface area (Å²) in [5.41, 5.74) is 6.44. The second-order valence-corrected chi connectivity index (χ2v) is 6.36. The smallest absolute Gasteiger partial charge is 0.229 e. The molecule has 3 N–H and O–H groups in total. The van der Waals surface area contributed by atoms with Crippen LogP contribution in [0.3, 0.4) is 0 Å². The van der Waals surface area contributed by atoms with Crippen molar-refractivity contribution in [3.8, 4) is 0 Å². The minimum Gasteiger partial charge on any atom is -0.369 e. The lowest BCUT2D eigenvalue weighted by Crippen LogP contribution is -2.28. The Morgan fingerprint density at radius 1 is 1.11 bits per heavy atom. The Bertz CT molecular complexity index is 879. The molecule has 1 heterocycles. The molecular formula is C19H17F2N3O3. The molecule has 1 atom stereocenters. The lowest BCUT2D eigenvalue weighted by atomic mass is 10.1. The van der Waals surface area contributed by atoms with Gasteiger partial charge in [-0.05, 0) is 29.8 Å². The minimum absolute atomic E-state index is 0.0350. The lowest BCUT2D eigenvalue weighted by Gasteiger charge is -2.17. The van der Waals surface area contributed by atoms with E-state index in [0.717, 1.165) is 23.8 Å². The average molecular weight is 373 g/mol. The summed E-state index contributed by atoms with van der Waals surface area (Å²) in [5, 5.41) is 2.70. The van der Waals surface area contributed by atoms with E-state index in [0.29, 0.717) is 5.69 Å². The fourth-order valence-corrected chi connectivity index (χ4v) is 2.98. The first-order valence-electron chi connectivity index (χ1n) is 8.26. The molecule has 0 bridgehead atoms. The van der Waals surface area contributed by atoms with E-state index < -0.39 is 23.5 Å². The Labute approximate surface area is 154 Å². The zero-order chi connectivity index (χ0) is 19.6. The summed E-state index contributed by atoms with van der Waals surface area (Å²) in [6, 6.07) is 9.43. The van der Waals surface area contributed by atoms with E-state index in [1.165, 1.54) is 4.90 Å². The highest BCUT2D eigenvalue weighted by molar-refractivity contribution is 6.03. The van der Waals surface area contributed by atoms with E-state index in [1.807, 2.05) is 0 Å². The molecule has 27 heavy (non-hydrogen) atoms. The topological polar surface area (TPSA) is 92.5 Å². The Kier molecular flexibility index (Phi) is 5.16. The van der Waals surface area contributed by atoms with Gasteiger partial charge < -0.3 is 16.0 Å². The average Bonchev–Trinajstić information content (AvgIpc) is 2.97. The SMILES string of the molecule is NC(=O)Cc1ccc(NC(=O)C2CC(=O)N(c3cc(F)cc(F)c3)C2)cc1. The van der Waals surface area contributed by atoms with Crippen molar-refractivity contribution < 1.29 is 23.2 Å². The number of carbonyl (C=O) groups excluding carboxylic acids is 3. The van der Waals surface area contributed by atoms with Crippen LogP contribution in [0.5, 0.6) is 0 Å². The fourth-order valence-electron chi connectivity index (χ4n) is 2.98. The van der Waals surface area contributed by atoms with Crippen LogP contribution in [-0.4, -0.2) is 24.3 Å². The third-order valence-electron chi connectivity index (χ3n) is 4.25. The number of nitrogens with zero attached hydrogens (tertiary/aromatic N) is 1. The molecule has 2 aromatic rings. The predicted octanol–water partition coefficient (Wildman–Crippen LogP) is 1.98. The van der Waals surface area contributed by atoms with Crippen molar-refractivity contribution in [3.63, 3.8) is 0 Å². The molecule has 6 nitrogen and oxygen atoms in total. The molecule has 0 saturated carbocycles. The maximum absolute atomic E-state index is 13.4. The number of anilines is 2. The van der Waals surface area contributed by atoms with E-state index >= 15 is 0 Å². The number of halogens is 2. The molecule has 3 rings (SSSR count). The summed E-state index contributed by atoms with van der Waals surface area (Å²) in [7, 11) is 0. The summed E-state index contributed by atoms with van der Waals surface area (Å²) in [6.45, 7) is 0.0350. The van der Waals surface area contributed by atoms with Crippen LogP contribution in [-0.2, 0) is 20.8 Å². The van der Waals surface area contributed by atoms with Crippen LogP contribution in [0.4, 0.5) is 20.2 Å². The van der Waals surface area contributed by atoms with Crippen LogP contribution in [0, 0.1) is 17.6 Å². The van der Waals surface area contributed by atoms with Crippen molar-refractivity contribution in [2.75, 3.05) is 16.8 Å². The third kappa shape index (κ3) is 4.46. The highest BCUT2D eigenvalue weighted by Gasteiger charge is 2.35. The third-order valence-corrected chi connectivity index (χ3v) is 4.25. The summed E-state index contributed by atoms with van der Waals surface area (Å²) >= 11 is 0. The summed E-state index contributed by atoms with van der Waals surface area (Å²) in [6.07, 6.45) is 0.0498. The van der Waals surface area contributed by atoms with Gasteiger partial charge in [0, 0.05) is 30.4 Å². The predicted molar refractivity (Wildman–Crippen MR) is 94.8 cm³/mol. The van der Waals surface area contributed by atoms with Crippen molar-refractivity contribution in [2.24, 2.45) is 11.7 Å². The van der Waals surface area contributed by atoms with Gasteiger partial charge in [0.2, 0.25) is 17.7 Å². The second kappa shape index (κ2) is 7.53. The van der Waals surface area contributed by atoms with Gasteiger partial charge in [0.05, 0.1) is 12.3 Å². The van der Waals surface area contributed by atoms with Crippen LogP contribution in [0.1, 0.15) is 12.0 Å². The largest absolute Gasteiger partial charge is 0.369 e. The summed E-state index contributed by atoms with van der Waals surface area (Å²) < 4.78 is 26.8. The maximum atomic E-state index is 13.4. The standard InChI is InChI=1S/C19H17F2N3O3/c20-13-7-14(21)9-16(8-13)24-10-12(6-18(24)26)19(27)23-15-3-1-11(2-4-15)5-17(22)25/h1-4,7-9,12H,5-6,10H2,(H2,22,25)(H,23,27). The lowest BCUT2D eigenvalue weighted by molar-refractivity contribution is -0.122. The number of primary amides is 1. The molecule has 0 aromatic heterocycles. The van der Waals surface area contributed by atoms with Crippen LogP contribution in [0.15, 0.2) is 42.5 Å². The number of benzene rings is 2. The molecule has 8 heteroatoms. The van der Waals surface area contributed by atoms with Crippen LogP contribution >= 0.6 is 0 Å². The van der Waals surface area contributed by atoms with Crippen molar-refractivity contribution in [3.05, 3.63) is 59.7 Å². The molecule has 3 amide bonds. The molecule has 1 aliphatic heterocycles. The van der Waals surface area contributed by atoms with Gasteiger partial charge in [-0.25, -0.2) is 8.78 Å². The van der Waals surface area contributed by atoms with Crippen LogP contribution < -0.4 is 16.0 Å². The van der Waals surface area contributed by atoms with Crippen LogP contribution in [0.2, 0.25) is 0 Å². The van der Waals surface area contributed by atoms with Gasteiger partial charge in [0.25, 0.3) is 0 Å². The van der Waals surface area contributed by atoms with E-state index in [4.69, 9.17) is 5.73 Å². The van der Waals surface area contributed by atoms with E-state index in [9.17, 15) is 23.2 Å². The molecule has 0 aliphatic carbocycles. The highest BCUT2D eigenvalue weighted by atomic mass is 19.1. The number of amides is 3. The first-order chi connectivity index (χ1) is 12.8. The van der Waals surface area contributed by atoms with Gasteiger partial charge in [0.15, 0.2) is 0 Å². The maximum Gasteiger partial charge on any atom is 0.229 e. The molecule has 1 saturated heterocycles.